The van der Waals surface area contributed by atoms with Crippen molar-refractivity contribution < 1.29 is 4.55 Å². The van der Waals surface area contributed by atoms with Crippen LogP contribution in [0.2, 0.25) is 5.15 Å². The summed E-state index contributed by atoms with van der Waals surface area (Å²) in [6.45, 7) is 7.69. The normalized spacial score (nSPS) is 14.8. The maximum atomic E-state index is 12.0. The Morgan fingerprint density at radius 1 is 1.53 bits per heavy atom. The number of hydrogen-bond donors (Lipinski definition) is 0. The molecule has 0 amide bonds. The van der Waals surface area contributed by atoms with Crippen LogP contribution >= 0.6 is 11.6 Å². The van der Waals surface area contributed by atoms with E-state index in [0.717, 1.165) is 11.3 Å². The summed E-state index contributed by atoms with van der Waals surface area (Å²) >= 11 is 4.58. The number of rotatable bonds is 3. The fourth-order valence-electron chi connectivity index (χ4n) is 1.14. The smallest absolute Gasteiger partial charge is 0.144 e. The van der Waals surface area contributed by atoms with Gasteiger partial charge in [0.25, 0.3) is 0 Å². The molecule has 0 aliphatic carbocycles. The van der Waals surface area contributed by atoms with Crippen molar-refractivity contribution >= 4 is 28.7 Å². The van der Waals surface area contributed by atoms with Crippen molar-refractivity contribution in [2.75, 3.05) is 0 Å². The lowest BCUT2D eigenvalue weighted by atomic mass is 10.1. The van der Waals surface area contributed by atoms with E-state index in [4.69, 9.17) is 11.6 Å². The standard InChI is InChI=1S/C12H17ClN2OS/c1-5-10(15-17(16)12(2,3)4)9-6-7-14-11(13)8-9/h6-8H,5H2,1-4H3. The topological polar surface area (TPSA) is 48.3 Å². The first kappa shape index (κ1) is 14.5. The summed E-state index contributed by atoms with van der Waals surface area (Å²) in [5, 5.41) is 0.421. The second-order valence-electron chi connectivity index (χ2n) is 4.62. The number of aromatic nitrogens is 1. The molecule has 1 aromatic heterocycles. The first-order chi connectivity index (χ1) is 7.84. The SMILES string of the molecule is CCC(=N[S+]([O-])C(C)(C)C)c1ccnc(Cl)c1. The molecule has 1 aromatic rings. The molecule has 3 nitrogen and oxygen atoms in total. The van der Waals surface area contributed by atoms with Gasteiger partial charge < -0.3 is 4.55 Å². The molecule has 1 heterocycles. The van der Waals surface area contributed by atoms with Gasteiger partial charge in [0.15, 0.2) is 0 Å². The Balaban J connectivity index is 3.03. The van der Waals surface area contributed by atoms with Crippen molar-refractivity contribution in [3.63, 3.8) is 0 Å². The zero-order valence-electron chi connectivity index (χ0n) is 10.5. The minimum absolute atomic E-state index is 0.350. The van der Waals surface area contributed by atoms with Crippen molar-refractivity contribution in [2.45, 2.75) is 38.9 Å². The molecule has 0 aliphatic rings. The third kappa shape index (κ3) is 4.30. The molecule has 0 spiro atoms. The largest absolute Gasteiger partial charge is 0.591 e. The molecular weight excluding hydrogens is 256 g/mol. The van der Waals surface area contributed by atoms with Gasteiger partial charge in [0.2, 0.25) is 0 Å². The first-order valence-corrected chi connectivity index (χ1v) is 6.94. The van der Waals surface area contributed by atoms with Gasteiger partial charge in [-0.25, -0.2) is 4.98 Å². The predicted molar refractivity (Wildman–Crippen MR) is 74.0 cm³/mol. The average Bonchev–Trinajstić information content (AvgIpc) is 2.24. The maximum absolute atomic E-state index is 12.0. The van der Waals surface area contributed by atoms with E-state index in [-0.39, 0.29) is 4.75 Å². The molecule has 0 saturated heterocycles. The van der Waals surface area contributed by atoms with Gasteiger partial charge in [-0.3, -0.25) is 0 Å². The number of pyridine rings is 1. The lowest BCUT2D eigenvalue weighted by Crippen LogP contribution is -2.27. The summed E-state index contributed by atoms with van der Waals surface area (Å²) in [4.78, 5) is 3.92. The van der Waals surface area contributed by atoms with Crippen molar-refractivity contribution in [3.05, 3.63) is 29.0 Å². The van der Waals surface area contributed by atoms with Crippen LogP contribution in [0, 0.1) is 0 Å². The molecule has 0 aromatic carbocycles. The van der Waals surface area contributed by atoms with Gasteiger partial charge in [0.05, 0.1) is 5.71 Å². The van der Waals surface area contributed by atoms with E-state index in [0.29, 0.717) is 11.6 Å². The van der Waals surface area contributed by atoms with E-state index in [2.05, 4.69) is 9.38 Å². The average molecular weight is 273 g/mol. The molecule has 94 valence electrons. The van der Waals surface area contributed by atoms with E-state index in [1.54, 1.807) is 12.3 Å². The monoisotopic (exact) mass is 272 g/mol. The lowest BCUT2D eigenvalue weighted by molar-refractivity contribution is 0.561. The van der Waals surface area contributed by atoms with E-state index >= 15 is 0 Å². The van der Waals surface area contributed by atoms with Crippen LogP contribution in [0.1, 0.15) is 39.7 Å². The van der Waals surface area contributed by atoms with Crippen molar-refractivity contribution in [1.29, 1.82) is 0 Å². The van der Waals surface area contributed by atoms with Crippen LogP contribution in [0.25, 0.3) is 0 Å². The highest BCUT2D eigenvalue weighted by molar-refractivity contribution is 7.91. The molecule has 1 unspecified atom stereocenters. The highest BCUT2D eigenvalue weighted by atomic mass is 35.5. The number of nitrogens with zero attached hydrogens (tertiary/aromatic N) is 2. The van der Waals surface area contributed by atoms with Gasteiger partial charge in [-0.2, -0.15) is 0 Å². The summed E-state index contributed by atoms with van der Waals surface area (Å²) in [5.74, 6) is 0. The summed E-state index contributed by atoms with van der Waals surface area (Å²) < 4.78 is 15.9. The van der Waals surface area contributed by atoms with Gasteiger partial charge in [-0.15, -0.1) is 0 Å². The Kier molecular flexibility index (Phi) is 4.98. The molecule has 1 atom stereocenters. The summed E-state index contributed by atoms with van der Waals surface area (Å²) in [5.41, 5.74) is 1.67. The molecule has 0 saturated carbocycles. The van der Waals surface area contributed by atoms with Gasteiger partial charge >= 0.3 is 0 Å². The summed E-state index contributed by atoms with van der Waals surface area (Å²) in [7, 11) is 0. The Morgan fingerprint density at radius 3 is 2.65 bits per heavy atom. The fraction of sp³-hybridized carbons (Fsp3) is 0.500. The van der Waals surface area contributed by atoms with Gasteiger partial charge in [0.1, 0.15) is 21.3 Å². The van der Waals surface area contributed by atoms with Crippen LogP contribution in [0.15, 0.2) is 22.7 Å². The fourth-order valence-corrected chi connectivity index (χ4v) is 2.02. The van der Waals surface area contributed by atoms with Crippen LogP contribution < -0.4 is 0 Å². The Morgan fingerprint density at radius 2 is 2.18 bits per heavy atom. The maximum Gasteiger partial charge on any atom is 0.144 e. The van der Waals surface area contributed by atoms with Crippen LogP contribution in [-0.4, -0.2) is 20.0 Å². The Bertz CT molecular complexity index is 415. The van der Waals surface area contributed by atoms with Crippen LogP contribution in [0.5, 0.6) is 0 Å². The molecule has 5 heteroatoms. The number of halogens is 1. The molecule has 0 aliphatic heterocycles. The van der Waals surface area contributed by atoms with Crippen molar-refractivity contribution in [3.8, 4) is 0 Å². The Hall–Kier alpha value is -0.580. The predicted octanol–water partition coefficient (Wildman–Crippen LogP) is 3.40. The van der Waals surface area contributed by atoms with E-state index in [9.17, 15) is 4.55 Å². The Labute approximate surface area is 111 Å². The summed E-state index contributed by atoms with van der Waals surface area (Å²) in [6.07, 6.45) is 2.34. The third-order valence-corrected chi connectivity index (χ3v) is 3.75. The van der Waals surface area contributed by atoms with Crippen LogP contribution in [-0.2, 0) is 11.4 Å². The minimum Gasteiger partial charge on any atom is -0.591 e. The summed E-state index contributed by atoms with van der Waals surface area (Å²) in [6, 6.07) is 3.57. The second kappa shape index (κ2) is 5.85. The molecule has 0 radical (unpaired) electrons. The first-order valence-electron chi connectivity index (χ1n) is 5.46. The van der Waals surface area contributed by atoms with Gasteiger partial charge in [-0.1, -0.05) is 22.9 Å². The van der Waals surface area contributed by atoms with Gasteiger partial charge in [0, 0.05) is 11.8 Å². The molecule has 1 rings (SSSR count). The molecular formula is C12H17ClN2OS. The second-order valence-corrected chi connectivity index (χ2v) is 6.91. The molecule has 0 N–H and O–H groups in total. The third-order valence-electron chi connectivity index (χ3n) is 2.11. The minimum atomic E-state index is -1.25. The molecule has 17 heavy (non-hydrogen) atoms. The molecule has 0 bridgehead atoms. The van der Waals surface area contributed by atoms with E-state index in [1.165, 1.54) is 0 Å². The van der Waals surface area contributed by atoms with E-state index in [1.807, 2.05) is 33.8 Å². The molecule has 0 fully saturated rings. The van der Waals surface area contributed by atoms with E-state index < -0.39 is 11.4 Å². The zero-order chi connectivity index (χ0) is 13.1. The lowest BCUT2D eigenvalue weighted by Gasteiger charge is -2.19. The van der Waals surface area contributed by atoms with Crippen molar-refractivity contribution in [2.24, 2.45) is 4.40 Å². The highest BCUT2D eigenvalue weighted by Crippen LogP contribution is 2.19. The van der Waals surface area contributed by atoms with Crippen LogP contribution in [0.4, 0.5) is 0 Å². The quantitative estimate of drug-likeness (QED) is 0.481. The van der Waals surface area contributed by atoms with Crippen LogP contribution in [0.3, 0.4) is 0 Å². The van der Waals surface area contributed by atoms with Gasteiger partial charge in [-0.05, 0) is 39.3 Å². The van der Waals surface area contributed by atoms with Crippen molar-refractivity contribution in [1.82, 2.24) is 4.98 Å². The number of hydrogen-bond acceptors (Lipinski definition) is 3. The zero-order valence-corrected chi connectivity index (χ0v) is 12.1. The highest BCUT2D eigenvalue weighted by Gasteiger charge is 2.27.